The van der Waals surface area contributed by atoms with E-state index in [1.807, 2.05) is 0 Å². The summed E-state index contributed by atoms with van der Waals surface area (Å²) in [7, 11) is -3.21. The van der Waals surface area contributed by atoms with Crippen LogP contribution in [0.25, 0.3) is 0 Å². The molecule has 1 heterocycles. The summed E-state index contributed by atoms with van der Waals surface area (Å²) < 4.78 is 24.3. The minimum absolute atomic E-state index is 0.0926. The lowest BCUT2D eigenvalue weighted by Crippen LogP contribution is -2.34. The summed E-state index contributed by atoms with van der Waals surface area (Å²) in [6.45, 7) is 1.70. The highest BCUT2D eigenvalue weighted by atomic mass is 32.2. The minimum Gasteiger partial charge on any atom is -0.478 e. The predicted molar refractivity (Wildman–Crippen MR) is 76.5 cm³/mol. The van der Waals surface area contributed by atoms with Crippen molar-refractivity contribution in [2.45, 2.75) is 18.6 Å². The molecule has 20 heavy (non-hydrogen) atoms. The smallest absolute Gasteiger partial charge is 0.335 e. The highest BCUT2D eigenvalue weighted by Crippen LogP contribution is 2.16. The molecule has 1 saturated heterocycles. The summed E-state index contributed by atoms with van der Waals surface area (Å²) >= 11 is 0. The van der Waals surface area contributed by atoms with Gasteiger partial charge in [-0.05, 0) is 49.5 Å². The fraction of sp³-hybridized carbons (Fsp3) is 0.500. The average Bonchev–Trinajstić information content (AvgIpc) is 2.39. The van der Waals surface area contributed by atoms with Crippen molar-refractivity contribution in [3.8, 4) is 0 Å². The van der Waals surface area contributed by atoms with Gasteiger partial charge in [0.05, 0.1) is 17.1 Å². The summed E-state index contributed by atoms with van der Waals surface area (Å²) in [6, 6.07) is 6.13. The number of sulfone groups is 1. The molecule has 0 bridgehead atoms. The number of carboxylic acid groups (broad SMARTS) is 1. The van der Waals surface area contributed by atoms with Crippen molar-refractivity contribution in [2.24, 2.45) is 5.92 Å². The quantitative estimate of drug-likeness (QED) is 0.856. The lowest BCUT2D eigenvalue weighted by Gasteiger charge is -2.22. The maximum atomic E-state index is 12.2. The van der Waals surface area contributed by atoms with E-state index >= 15 is 0 Å². The fourth-order valence-corrected chi connectivity index (χ4v) is 4.34. The molecule has 6 heteroatoms. The van der Waals surface area contributed by atoms with E-state index in [2.05, 4.69) is 5.32 Å². The van der Waals surface area contributed by atoms with Crippen LogP contribution in [-0.4, -0.2) is 38.3 Å². The first-order valence-corrected chi connectivity index (χ1v) is 8.52. The van der Waals surface area contributed by atoms with E-state index in [-0.39, 0.29) is 23.0 Å². The Morgan fingerprint density at radius 3 is 2.85 bits per heavy atom. The van der Waals surface area contributed by atoms with E-state index in [4.69, 9.17) is 5.11 Å². The Bertz CT molecular complexity index is 577. The highest BCUT2D eigenvalue weighted by Gasteiger charge is 2.21. The molecule has 1 aliphatic rings. The molecule has 1 aromatic carbocycles. The zero-order valence-corrected chi connectivity index (χ0v) is 12.0. The molecule has 0 radical (unpaired) electrons. The minimum atomic E-state index is -3.21. The van der Waals surface area contributed by atoms with E-state index in [1.165, 1.54) is 12.1 Å². The largest absolute Gasteiger partial charge is 0.478 e. The monoisotopic (exact) mass is 297 g/mol. The fourth-order valence-electron chi connectivity index (χ4n) is 2.53. The molecule has 1 atom stereocenters. The highest BCUT2D eigenvalue weighted by molar-refractivity contribution is 7.90. The van der Waals surface area contributed by atoms with Gasteiger partial charge in [-0.15, -0.1) is 0 Å². The van der Waals surface area contributed by atoms with Crippen LogP contribution in [-0.2, 0) is 15.6 Å². The van der Waals surface area contributed by atoms with E-state index in [9.17, 15) is 13.2 Å². The number of nitrogens with one attached hydrogen (secondary N) is 1. The first-order chi connectivity index (χ1) is 9.46. The summed E-state index contributed by atoms with van der Waals surface area (Å²) in [6.07, 6.45) is 1.94. The van der Waals surface area contributed by atoms with Crippen LogP contribution in [0.5, 0.6) is 0 Å². The Morgan fingerprint density at radius 1 is 1.40 bits per heavy atom. The second kappa shape index (κ2) is 6.37. The molecular weight excluding hydrogens is 278 g/mol. The normalized spacial score (nSPS) is 19.7. The predicted octanol–water partition coefficient (Wildman–Crippen LogP) is 1.30. The summed E-state index contributed by atoms with van der Waals surface area (Å²) in [5.41, 5.74) is 0.658. The molecule has 0 aliphatic carbocycles. The Hall–Kier alpha value is -1.40. The Balaban J connectivity index is 2.03. The number of hydrogen-bond acceptors (Lipinski definition) is 4. The first kappa shape index (κ1) is 15.0. The van der Waals surface area contributed by atoms with E-state index in [0.29, 0.717) is 5.56 Å². The summed E-state index contributed by atoms with van der Waals surface area (Å²) in [5, 5.41) is 12.1. The molecule has 1 aromatic rings. The van der Waals surface area contributed by atoms with Gasteiger partial charge in [0.15, 0.2) is 9.84 Å². The maximum Gasteiger partial charge on any atom is 0.335 e. The molecule has 110 valence electrons. The van der Waals surface area contributed by atoms with Crippen LogP contribution in [0, 0.1) is 5.92 Å². The van der Waals surface area contributed by atoms with Crippen LogP contribution in [0.2, 0.25) is 0 Å². The number of benzene rings is 1. The van der Waals surface area contributed by atoms with Crippen LogP contribution in [0.1, 0.15) is 28.8 Å². The SMILES string of the molecule is O=C(O)c1cccc(CS(=O)(=O)CC2CCCNC2)c1. The van der Waals surface area contributed by atoms with Crippen LogP contribution < -0.4 is 5.32 Å². The number of aromatic carboxylic acids is 1. The lowest BCUT2D eigenvalue weighted by molar-refractivity contribution is 0.0696. The molecule has 1 aliphatic heterocycles. The maximum absolute atomic E-state index is 12.2. The molecular formula is C14H19NO4S. The Labute approximate surface area is 118 Å². The number of piperidine rings is 1. The van der Waals surface area contributed by atoms with Crippen LogP contribution in [0.15, 0.2) is 24.3 Å². The second-order valence-corrected chi connectivity index (χ2v) is 7.38. The Kier molecular flexibility index (Phi) is 4.77. The zero-order valence-electron chi connectivity index (χ0n) is 11.2. The topological polar surface area (TPSA) is 83.5 Å². The van der Waals surface area contributed by atoms with Crippen molar-refractivity contribution in [1.82, 2.24) is 5.32 Å². The lowest BCUT2D eigenvalue weighted by atomic mass is 10.0. The average molecular weight is 297 g/mol. The molecule has 0 saturated carbocycles. The second-order valence-electron chi connectivity index (χ2n) is 5.27. The first-order valence-electron chi connectivity index (χ1n) is 6.70. The zero-order chi connectivity index (χ0) is 14.6. The number of rotatable bonds is 5. The van der Waals surface area contributed by atoms with Crippen molar-refractivity contribution in [2.75, 3.05) is 18.8 Å². The molecule has 0 spiro atoms. The number of carboxylic acids is 1. The van der Waals surface area contributed by atoms with Crippen LogP contribution in [0.3, 0.4) is 0 Å². The van der Waals surface area contributed by atoms with Crippen molar-refractivity contribution >= 4 is 15.8 Å². The third-order valence-corrected chi connectivity index (χ3v) is 5.20. The van der Waals surface area contributed by atoms with Crippen LogP contribution in [0.4, 0.5) is 0 Å². The third-order valence-electron chi connectivity index (χ3n) is 3.45. The molecule has 1 unspecified atom stereocenters. The van der Waals surface area contributed by atoms with Gasteiger partial charge in [-0.3, -0.25) is 0 Å². The third kappa shape index (κ3) is 4.31. The summed E-state index contributed by atoms with van der Waals surface area (Å²) in [4.78, 5) is 10.9. The van der Waals surface area contributed by atoms with Crippen molar-refractivity contribution in [1.29, 1.82) is 0 Å². The standard InChI is InChI=1S/C14H19NO4S/c16-14(17)13-5-1-3-11(7-13)9-20(18,19)10-12-4-2-6-15-8-12/h1,3,5,7,12,15H,2,4,6,8-10H2,(H,16,17). The molecule has 0 amide bonds. The molecule has 1 fully saturated rings. The van der Waals surface area contributed by atoms with Gasteiger partial charge in [-0.2, -0.15) is 0 Å². The van der Waals surface area contributed by atoms with Gasteiger partial charge < -0.3 is 10.4 Å². The van der Waals surface area contributed by atoms with Gasteiger partial charge in [0.1, 0.15) is 0 Å². The van der Waals surface area contributed by atoms with Crippen LogP contribution >= 0.6 is 0 Å². The van der Waals surface area contributed by atoms with Gasteiger partial charge in [0.2, 0.25) is 0 Å². The van der Waals surface area contributed by atoms with Crippen molar-refractivity contribution in [3.63, 3.8) is 0 Å². The van der Waals surface area contributed by atoms with Crippen molar-refractivity contribution in [3.05, 3.63) is 35.4 Å². The van der Waals surface area contributed by atoms with Gasteiger partial charge in [-0.25, -0.2) is 13.2 Å². The van der Waals surface area contributed by atoms with Gasteiger partial charge >= 0.3 is 5.97 Å². The van der Waals surface area contributed by atoms with E-state index in [1.54, 1.807) is 12.1 Å². The van der Waals surface area contributed by atoms with E-state index < -0.39 is 15.8 Å². The van der Waals surface area contributed by atoms with Gasteiger partial charge in [0.25, 0.3) is 0 Å². The van der Waals surface area contributed by atoms with Gasteiger partial charge in [-0.1, -0.05) is 12.1 Å². The molecule has 5 nitrogen and oxygen atoms in total. The van der Waals surface area contributed by atoms with Crippen molar-refractivity contribution < 1.29 is 18.3 Å². The molecule has 2 N–H and O–H groups in total. The molecule has 0 aromatic heterocycles. The van der Waals surface area contributed by atoms with E-state index in [0.717, 1.165) is 25.9 Å². The Morgan fingerprint density at radius 2 is 2.20 bits per heavy atom. The number of hydrogen-bond donors (Lipinski definition) is 2. The van der Waals surface area contributed by atoms with Gasteiger partial charge in [0, 0.05) is 0 Å². The number of carbonyl (C=O) groups is 1. The summed E-state index contributed by atoms with van der Waals surface area (Å²) in [5.74, 6) is -0.806. The molecule has 2 rings (SSSR count).